The predicted molar refractivity (Wildman–Crippen MR) is 104 cm³/mol. The fourth-order valence-corrected chi connectivity index (χ4v) is 3.08. The number of ether oxygens (including phenoxy) is 2. The average Bonchev–Trinajstić information content (AvgIpc) is 2.62. The highest BCUT2D eigenvalue weighted by Gasteiger charge is 2.16. The molecule has 5 nitrogen and oxygen atoms in total. The van der Waals surface area contributed by atoms with Crippen LogP contribution in [0.2, 0.25) is 0 Å². The molecule has 2 aromatic rings. The van der Waals surface area contributed by atoms with Gasteiger partial charge in [0.1, 0.15) is 5.75 Å². The molecule has 0 radical (unpaired) electrons. The van der Waals surface area contributed by atoms with Crippen molar-refractivity contribution in [3.05, 3.63) is 53.6 Å². The molecule has 0 unspecified atom stereocenters. The normalized spacial score (nSPS) is 15.4. The van der Waals surface area contributed by atoms with Crippen LogP contribution in [-0.4, -0.2) is 38.3 Å². The number of nitrogens with zero attached hydrogens (tertiary/aromatic N) is 1. The Hall–Kier alpha value is -2.53. The fraction of sp³-hybridized carbons (Fsp3) is 0.381. The first-order valence-corrected chi connectivity index (χ1v) is 9.00. The summed E-state index contributed by atoms with van der Waals surface area (Å²) >= 11 is 0. The average molecular weight is 354 g/mol. The quantitative estimate of drug-likeness (QED) is 0.892. The highest BCUT2D eigenvalue weighted by Crippen LogP contribution is 2.20. The molecule has 5 heteroatoms. The molecule has 1 atom stereocenters. The summed E-state index contributed by atoms with van der Waals surface area (Å²) in [4.78, 5) is 14.7. The van der Waals surface area contributed by atoms with Crippen molar-refractivity contribution in [2.24, 2.45) is 0 Å². The summed E-state index contributed by atoms with van der Waals surface area (Å²) in [5, 5.41) is 2.91. The predicted octanol–water partition coefficient (Wildman–Crippen LogP) is 3.55. The Morgan fingerprint density at radius 1 is 1.08 bits per heavy atom. The van der Waals surface area contributed by atoms with Gasteiger partial charge in [0.05, 0.1) is 13.2 Å². The second kappa shape index (κ2) is 8.23. The number of anilines is 2. The minimum atomic E-state index is -0.574. The second-order valence-corrected chi connectivity index (χ2v) is 6.72. The van der Waals surface area contributed by atoms with Crippen molar-refractivity contribution in [2.75, 3.05) is 36.5 Å². The molecule has 0 aromatic heterocycles. The third-order valence-electron chi connectivity index (χ3n) is 4.39. The minimum Gasteiger partial charge on any atom is -0.481 e. The lowest BCUT2D eigenvalue weighted by Crippen LogP contribution is -2.36. The van der Waals surface area contributed by atoms with E-state index in [2.05, 4.69) is 16.3 Å². The number of amides is 1. The van der Waals surface area contributed by atoms with E-state index in [1.54, 1.807) is 6.92 Å². The zero-order valence-corrected chi connectivity index (χ0v) is 15.6. The molecule has 0 aliphatic carbocycles. The van der Waals surface area contributed by atoms with E-state index < -0.39 is 6.10 Å². The van der Waals surface area contributed by atoms with Crippen LogP contribution < -0.4 is 15.0 Å². The number of carbonyl (C=O) groups excluding carboxylic acids is 1. The Bertz CT molecular complexity index is 732. The summed E-state index contributed by atoms with van der Waals surface area (Å²) in [7, 11) is 0. The van der Waals surface area contributed by atoms with Crippen molar-refractivity contribution in [3.63, 3.8) is 0 Å². The zero-order chi connectivity index (χ0) is 18.5. The minimum absolute atomic E-state index is 0.164. The third-order valence-corrected chi connectivity index (χ3v) is 4.39. The third kappa shape index (κ3) is 4.76. The summed E-state index contributed by atoms with van der Waals surface area (Å²) in [6.45, 7) is 9.09. The number of hydrogen-bond donors (Lipinski definition) is 1. The molecule has 1 aliphatic heterocycles. The van der Waals surface area contributed by atoms with Crippen LogP contribution in [0, 0.1) is 13.8 Å². The van der Waals surface area contributed by atoms with Gasteiger partial charge < -0.3 is 19.7 Å². The van der Waals surface area contributed by atoms with Gasteiger partial charge in [-0.2, -0.15) is 0 Å². The van der Waals surface area contributed by atoms with E-state index in [1.807, 2.05) is 50.2 Å². The maximum absolute atomic E-state index is 12.4. The van der Waals surface area contributed by atoms with Gasteiger partial charge in [-0.15, -0.1) is 0 Å². The van der Waals surface area contributed by atoms with Gasteiger partial charge in [-0.1, -0.05) is 6.07 Å². The lowest BCUT2D eigenvalue weighted by Gasteiger charge is -2.29. The van der Waals surface area contributed by atoms with Crippen LogP contribution in [0.3, 0.4) is 0 Å². The van der Waals surface area contributed by atoms with E-state index in [0.29, 0.717) is 5.75 Å². The van der Waals surface area contributed by atoms with E-state index in [-0.39, 0.29) is 5.91 Å². The molecule has 1 amide bonds. The summed E-state index contributed by atoms with van der Waals surface area (Å²) in [5.74, 6) is 0.552. The topological polar surface area (TPSA) is 50.8 Å². The maximum atomic E-state index is 12.4. The molecule has 2 aromatic carbocycles. The van der Waals surface area contributed by atoms with Gasteiger partial charge in [0.15, 0.2) is 6.10 Å². The lowest BCUT2D eigenvalue weighted by molar-refractivity contribution is -0.122. The number of morpholine rings is 1. The Morgan fingerprint density at radius 3 is 2.31 bits per heavy atom. The van der Waals surface area contributed by atoms with Crippen molar-refractivity contribution in [1.29, 1.82) is 0 Å². The van der Waals surface area contributed by atoms with E-state index in [4.69, 9.17) is 9.47 Å². The molecule has 1 heterocycles. The summed E-state index contributed by atoms with van der Waals surface area (Å²) in [6, 6.07) is 13.8. The Labute approximate surface area is 154 Å². The van der Waals surface area contributed by atoms with Crippen LogP contribution in [0.15, 0.2) is 42.5 Å². The summed E-state index contributed by atoms with van der Waals surface area (Å²) in [5.41, 5.74) is 4.14. The molecular formula is C21H26N2O3. The molecule has 0 saturated carbocycles. The van der Waals surface area contributed by atoms with Crippen LogP contribution in [-0.2, 0) is 9.53 Å². The standard InChI is InChI=1S/C21H26N2O3/c1-15-12-16(2)14-20(13-15)26-17(3)21(24)22-18-4-6-19(7-5-18)23-8-10-25-11-9-23/h4-7,12-14,17H,8-11H2,1-3H3,(H,22,24)/t17-/m0/s1. The van der Waals surface area contributed by atoms with Crippen LogP contribution in [0.25, 0.3) is 0 Å². The number of benzene rings is 2. The van der Waals surface area contributed by atoms with Crippen LogP contribution in [0.5, 0.6) is 5.75 Å². The van der Waals surface area contributed by atoms with Gasteiger partial charge in [0.25, 0.3) is 5.91 Å². The molecule has 1 aliphatic rings. The molecule has 138 valence electrons. The highest BCUT2D eigenvalue weighted by molar-refractivity contribution is 5.94. The van der Waals surface area contributed by atoms with Crippen molar-refractivity contribution in [1.82, 2.24) is 0 Å². The molecule has 3 rings (SSSR count). The second-order valence-electron chi connectivity index (χ2n) is 6.72. The Morgan fingerprint density at radius 2 is 1.69 bits per heavy atom. The number of nitrogens with one attached hydrogen (secondary N) is 1. The number of carbonyl (C=O) groups is 1. The molecule has 1 N–H and O–H groups in total. The van der Waals surface area contributed by atoms with E-state index in [9.17, 15) is 4.79 Å². The van der Waals surface area contributed by atoms with Crippen molar-refractivity contribution in [3.8, 4) is 5.75 Å². The van der Waals surface area contributed by atoms with Crippen molar-refractivity contribution in [2.45, 2.75) is 26.9 Å². The molecular weight excluding hydrogens is 328 g/mol. The first kappa shape index (κ1) is 18.3. The largest absolute Gasteiger partial charge is 0.481 e. The maximum Gasteiger partial charge on any atom is 0.265 e. The number of rotatable bonds is 5. The fourth-order valence-electron chi connectivity index (χ4n) is 3.08. The number of aryl methyl sites for hydroxylation is 2. The van der Waals surface area contributed by atoms with E-state index >= 15 is 0 Å². The molecule has 0 spiro atoms. The smallest absolute Gasteiger partial charge is 0.265 e. The van der Waals surface area contributed by atoms with Gasteiger partial charge in [-0.3, -0.25) is 4.79 Å². The van der Waals surface area contributed by atoms with Crippen LogP contribution in [0.4, 0.5) is 11.4 Å². The van der Waals surface area contributed by atoms with E-state index in [0.717, 1.165) is 48.8 Å². The molecule has 1 fully saturated rings. The van der Waals surface area contributed by atoms with Gasteiger partial charge in [0.2, 0.25) is 0 Å². The Balaban J connectivity index is 1.58. The first-order chi connectivity index (χ1) is 12.5. The van der Waals surface area contributed by atoms with Crippen molar-refractivity contribution >= 4 is 17.3 Å². The van der Waals surface area contributed by atoms with E-state index in [1.165, 1.54) is 0 Å². The lowest BCUT2D eigenvalue weighted by atomic mass is 10.1. The summed E-state index contributed by atoms with van der Waals surface area (Å²) in [6.07, 6.45) is -0.574. The highest BCUT2D eigenvalue weighted by atomic mass is 16.5. The van der Waals surface area contributed by atoms with Gasteiger partial charge in [-0.05, 0) is 68.3 Å². The van der Waals surface area contributed by atoms with Crippen molar-refractivity contribution < 1.29 is 14.3 Å². The Kier molecular flexibility index (Phi) is 5.78. The molecule has 1 saturated heterocycles. The molecule has 26 heavy (non-hydrogen) atoms. The SMILES string of the molecule is Cc1cc(C)cc(O[C@@H](C)C(=O)Nc2ccc(N3CCOCC3)cc2)c1. The van der Waals surface area contributed by atoms with Gasteiger partial charge >= 0.3 is 0 Å². The monoisotopic (exact) mass is 354 g/mol. The first-order valence-electron chi connectivity index (χ1n) is 9.00. The van der Waals surface area contributed by atoms with Gasteiger partial charge in [0, 0.05) is 24.5 Å². The van der Waals surface area contributed by atoms with Crippen LogP contribution in [0.1, 0.15) is 18.1 Å². The zero-order valence-electron chi connectivity index (χ0n) is 15.6. The van der Waals surface area contributed by atoms with Crippen LogP contribution >= 0.6 is 0 Å². The molecule has 0 bridgehead atoms. The van der Waals surface area contributed by atoms with Gasteiger partial charge in [-0.25, -0.2) is 0 Å². The summed E-state index contributed by atoms with van der Waals surface area (Å²) < 4.78 is 11.2. The number of hydrogen-bond acceptors (Lipinski definition) is 4.